The number of hydrogen-bond acceptors (Lipinski definition) is 4. The topological polar surface area (TPSA) is 50.2 Å². The van der Waals surface area contributed by atoms with Crippen molar-refractivity contribution in [2.45, 2.75) is 51.6 Å². The molecule has 0 spiro atoms. The van der Waals surface area contributed by atoms with Gasteiger partial charge in [0.2, 0.25) is 0 Å². The van der Waals surface area contributed by atoms with Gasteiger partial charge in [0.1, 0.15) is 0 Å². The maximum Gasteiger partial charge on any atom is 0.268 e. The summed E-state index contributed by atoms with van der Waals surface area (Å²) in [4.78, 5) is 14.4. The average molecular weight is 290 g/mol. The maximum atomic E-state index is 12.1. The van der Waals surface area contributed by atoms with Crippen molar-refractivity contribution in [3.05, 3.63) is 22.6 Å². The zero-order chi connectivity index (χ0) is 14.7. The van der Waals surface area contributed by atoms with Crippen LogP contribution in [-0.4, -0.2) is 35.5 Å². The van der Waals surface area contributed by atoms with Crippen molar-refractivity contribution in [3.8, 4) is 0 Å². The first-order valence-corrected chi connectivity index (χ1v) is 8.28. The van der Waals surface area contributed by atoms with Gasteiger partial charge in [-0.1, -0.05) is 6.92 Å². The normalized spacial score (nSPS) is 20.0. The lowest BCUT2D eigenvalue weighted by Crippen LogP contribution is -2.34. The molecule has 0 bridgehead atoms. The molecule has 5 heteroatoms. The van der Waals surface area contributed by atoms with Gasteiger partial charge in [-0.25, -0.2) is 4.68 Å². The molecule has 0 unspecified atom stereocenters. The first-order valence-electron chi connectivity index (χ1n) is 8.28. The van der Waals surface area contributed by atoms with Crippen LogP contribution in [0, 0.1) is 5.92 Å². The number of hydrogen-bond donors (Lipinski definition) is 1. The number of piperidine rings is 1. The molecule has 21 heavy (non-hydrogen) atoms. The summed E-state index contributed by atoms with van der Waals surface area (Å²) in [7, 11) is 0. The SMILES string of the molecule is CC1CCN(c2cnn(CCCNC3CC3)c(=O)c2)CC1. The van der Waals surface area contributed by atoms with Crippen LogP contribution in [-0.2, 0) is 6.54 Å². The van der Waals surface area contributed by atoms with Crippen LogP contribution in [0.3, 0.4) is 0 Å². The molecule has 0 radical (unpaired) electrons. The maximum absolute atomic E-state index is 12.1. The molecule has 116 valence electrons. The highest BCUT2D eigenvalue weighted by Gasteiger charge is 2.19. The summed E-state index contributed by atoms with van der Waals surface area (Å²) in [5.41, 5.74) is 1.01. The summed E-state index contributed by atoms with van der Waals surface area (Å²) in [6.45, 7) is 6.05. The van der Waals surface area contributed by atoms with Gasteiger partial charge in [0, 0.05) is 31.7 Å². The Morgan fingerprint density at radius 2 is 2.05 bits per heavy atom. The lowest BCUT2D eigenvalue weighted by molar-refractivity contribution is 0.437. The van der Waals surface area contributed by atoms with Crippen LogP contribution in [0.2, 0.25) is 0 Å². The number of aromatic nitrogens is 2. The van der Waals surface area contributed by atoms with Crippen molar-refractivity contribution >= 4 is 5.69 Å². The summed E-state index contributed by atoms with van der Waals surface area (Å²) in [6.07, 6.45) is 7.84. The van der Waals surface area contributed by atoms with E-state index in [0.717, 1.165) is 43.7 Å². The zero-order valence-corrected chi connectivity index (χ0v) is 12.9. The Morgan fingerprint density at radius 1 is 1.29 bits per heavy atom. The minimum Gasteiger partial charge on any atom is -0.370 e. The third-order valence-corrected chi connectivity index (χ3v) is 4.56. The molecule has 1 aromatic heterocycles. The van der Waals surface area contributed by atoms with Gasteiger partial charge >= 0.3 is 0 Å². The Hall–Kier alpha value is -1.36. The first-order chi connectivity index (χ1) is 10.2. The van der Waals surface area contributed by atoms with Crippen molar-refractivity contribution in [2.75, 3.05) is 24.5 Å². The van der Waals surface area contributed by atoms with Crippen molar-refractivity contribution in [1.29, 1.82) is 0 Å². The van der Waals surface area contributed by atoms with Gasteiger partial charge in [0.25, 0.3) is 5.56 Å². The molecule has 2 fully saturated rings. The molecule has 1 aromatic rings. The predicted octanol–water partition coefficient (Wildman–Crippen LogP) is 1.62. The summed E-state index contributed by atoms with van der Waals surface area (Å²) in [6, 6.07) is 2.48. The van der Waals surface area contributed by atoms with E-state index in [0.29, 0.717) is 6.54 Å². The van der Waals surface area contributed by atoms with Crippen molar-refractivity contribution in [1.82, 2.24) is 15.1 Å². The number of nitrogens with one attached hydrogen (secondary N) is 1. The lowest BCUT2D eigenvalue weighted by Gasteiger charge is -2.31. The monoisotopic (exact) mass is 290 g/mol. The second-order valence-corrected chi connectivity index (χ2v) is 6.53. The van der Waals surface area contributed by atoms with Crippen LogP contribution in [0.25, 0.3) is 0 Å². The van der Waals surface area contributed by atoms with E-state index in [1.165, 1.54) is 25.7 Å². The fraction of sp³-hybridized carbons (Fsp3) is 0.750. The van der Waals surface area contributed by atoms with Gasteiger partial charge in [0.05, 0.1) is 11.9 Å². The molecular formula is C16H26N4O. The van der Waals surface area contributed by atoms with Gasteiger partial charge in [-0.15, -0.1) is 0 Å². The molecular weight excluding hydrogens is 264 g/mol. The number of rotatable bonds is 6. The largest absolute Gasteiger partial charge is 0.370 e. The number of aryl methyl sites for hydroxylation is 1. The van der Waals surface area contributed by atoms with Crippen LogP contribution >= 0.6 is 0 Å². The van der Waals surface area contributed by atoms with E-state index < -0.39 is 0 Å². The van der Waals surface area contributed by atoms with Gasteiger partial charge in [-0.05, 0) is 44.6 Å². The lowest BCUT2D eigenvalue weighted by atomic mass is 9.99. The molecule has 0 atom stereocenters. The quantitative estimate of drug-likeness (QED) is 0.809. The molecule has 0 aromatic carbocycles. The van der Waals surface area contributed by atoms with Crippen LogP contribution in [0.1, 0.15) is 39.0 Å². The van der Waals surface area contributed by atoms with E-state index in [1.807, 2.05) is 6.20 Å². The fourth-order valence-electron chi connectivity index (χ4n) is 2.85. The van der Waals surface area contributed by atoms with Crippen LogP contribution in [0.4, 0.5) is 5.69 Å². The first kappa shape index (κ1) is 14.6. The molecule has 1 saturated heterocycles. The minimum absolute atomic E-state index is 0.0255. The Morgan fingerprint density at radius 3 is 2.71 bits per heavy atom. The van der Waals surface area contributed by atoms with E-state index in [2.05, 4.69) is 22.2 Å². The standard InChI is InChI=1S/C16H26N4O/c1-13-5-9-19(10-6-13)15-11-16(21)20(18-12-15)8-2-7-17-14-3-4-14/h11-14,17H,2-10H2,1H3. The Bertz CT molecular complexity index is 515. The van der Waals surface area contributed by atoms with Gasteiger partial charge < -0.3 is 10.2 Å². The third kappa shape index (κ3) is 4.06. The fourth-order valence-corrected chi connectivity index (χ4v) is 2.85. The Balaban J connectivity index is 1.53. The van der Waals surface area contributed by atoms with Gasteiger partial charge in [-0.2, -0.15) is 5.10 Å². The Kier molecular flexibility index (Phi) is 4.58. The number of nitrogens with zero attached hydrogens (tertiary/aromatic N) is 3. The molecule has 1 saturated carbocycles. The van der Waals surface area contributed by atoms with Gasteiger partial charge in [0.15, 0.2) is 0 Å². The molecule has 0 amide bonds. The summed E-state index contributed by atoms with van der Waals surface area (Å²) >= 11 is 0. The van der Waals surface area contributed by atoms with Crippen molar-refractivity contribution in [2.24, 2.45) is 5.92 Å². The highest BCUT2D eigenvalue weighted by molar-refractivity contribution is 5.43. The molecule has 2 heterocycles. The number of anilines is 1. The molecule has 5 nitrogen and oxygen atoms in total. The molecule has 1 aliphatic carbocycles. The van der Waals surface area contributed by atoms with E-state index in [-0.39, 0.29) is 5.56 Å². The van der Waals surface area contributed by atoms with Crippen LogP contribution in [0.15, 0.2) is 17.1 Å². The Labute approximate surface area is 126 Å². The van der Waals surface area contributed by atoms with Crippen molar-refractivity contribution < 1.29 is 0 Å². The molecule has 1 aliphatic heterocycles. The summed E-state index contributed by atoms with van der Waals surface area (Å²) in [5.74, 6) is 0.800. The van der Waals surface area contributed by atoms with E-state index in [9.17, 15) is 4.79 Å². The van der Waals surface area contributed by atoms with Crippen LogP contribution in [0.5, 0.6) is 0 Å². The highest BCUT2D eigenvalue weighted by Crippen LogP contribution is 2.21. The van der Waals surface area contributed by atoms with Crippen LogP contribution < -0.4 is 15.8 Å². The smallest absolute Gasteiger partial charge is 0.268 e. The second kappa shape index (κ2) is 6.60. The predicted molar refractivity (Wildman–Crippen MR) is 84.7 cm³/mol. The second-order valence-electron chi connectivity index (χ2n) is 6.53. The summed E-state index contributed by atoms with van der Waals surface area (Å²) in [5, 5.41) is 7.80. The van der Waals surface area contributed by atoms with Crippen molar-refractivity contribution in [3.63, 3.8) is 0 Å². The van der Waals surface area contributed by atoms with E-state index >= 15 is 0 Å². The summed E-state index contributed by atoms with van der Waals surface area (Å²) < 4.78 is 1.59. The molecule has 2 aliphatic rings. The van der Waals surface area contributed by atoms with E-state index in [4.69, 9.17) is 0 Å². The third-order valence-electron chi connectivity index (χ3n) is 4.56. The average Bonchev–Trinajstić information content (AvgIpc) is 3.30. The van der Waals surface area contributed by atoms with E-state index in [1.54, 1.807) is 10.7 Å². The minimum atomic E-state index is 0.0255. The van der Waals surface area contributed by atoms with Gasteiger partial charge in [-0.3, -0.25) is 4.79 Å². The zero-order valence-electron chi connectivity index (χ0n) is 12.9. The molecule has 1 N–H and O–H groups in total. The molecule has 3 rings (SSSR count). The highest BCUT2D eigenvalue weighted by atomic mass is 16.1.